The molecule has 1 aliphatic carbocycles. The first kappa shape index (κ1) is 11.8. The number of carboxylic acids is 1. The van der Waals surface area contributed by atoms with Gasteiger partial charge in [0.2, 0.25) is 11.8 Å². The molecule has 17 heavy (non-hydrogen) atoms. The lowest BCUT2D eigenvalue weighted by molar-refractivity contribution is -0.131. The molecule has 2 rings (SSSR count). The maximum atomic E-state index is 10.3. The molecule has 1 aromatic rings. The molecule has 5 heteroatoms. The maximum absolute atomic E-state index is 10.3. The summed E-state index contributed by atoms with van der Waals surface area (Å²) in [7, 11) is 0. The van der Waals surface area contributed by atoms with E-state index in [4.69, 9.17) is 9.52 Å². The lowest BCUT2D eigenvalue weighted by Crippen LogP contribution is -2.09. The molecule has 1 N–H and O–H groups in total. The van der Waals surface area contributed by atoms with Gasteiger partial charge in [0, 0.05) is 18.6 Å². The SMILES string of the molecule is O=C(O)/C=C/c1nnc(CC2CCCCC2)o1. The van der Waals surface area contributed by atoms with E-state index in [-0.39, 0.29) is 5.89 Å². The monoisotopic (exact) mass is 236 g/mol. The van der Waals surface area contributed by atoms with Crippen LogP contribution in [0.3, 0.4) is 0 Å². The molecule has 1 heterocycles. The minimum atomic E-state index is -1.02. The van der Waals surface area contributed by atoms with Gasteiger partial charge in [0.05, 0.1) is 0 Å². The normalized spacial score (nSPS) is 17.6. The topological polar surface area (TPSA) is 76.2 Å². The third kappa shape index (κ3) is 3.69. The fraction of sp³-hybridized carbons (Fsp3) is 0.583. The average molecular weight is 236 g/mol. The standard InChI is InChI=1S/C12H16N2O3/c15-12(16)7-6-10-13-14-11(17-10)8-9-4-2-1-3-5-9/h6-7,9H,1-5,8H2,(H,15,16)/b7-6+. The van der Waals surface area contributed by atoms with Gasteiger partial charge in [0.15, 0.2) is 0 Å². The van der Waals surface area contributed by atoms with E-state index in [0.717, 1.165) is 12.5 Å². The highest BCUT2D eigenvalue weighted by atomic mass is 16.4. The third-order valence-corrected chi connectivity index (χ3v) is 3.04. The van der Waals surface area contributed by atoms with Crippen molar-refractivity contribution in [3.63, 3.8) is 0 Å². The molecule has 0 aromatic carbocycles. The predicted molar refractivity (Wildman–Crippen MR) is 61.2 cm³/mol. The molecule has 0 saturated heterocycles. The van der Waals surface area contributed by atoms with Crippen molar-refractivity contribution in [1.29, 1.82) is 0 Å². The third-order valence-electron chi connectivity index (χ3n) is 3.04. The fourth-order valence-corrected chi connectivity index (χ4v) is 2.20. The van der Waals surface area contributed by atoms with Crippen LogP contribution in [-0.2, 0) is 11.2 Å². The first-order valence-corrected chi connectivity index (χ1v) is 5.97. The number of hydrogen-bond donors (Lipinski definition) is 1. The largest absolute Gasteiger partial charge is 0.478 e. The fourth-order valence-electron chi connectivity index (χ4n) is 2.20. The zero-order valence-electron chi connectivity index (χ0n) is 9.63. The quantitative estimate of drug-likeness (QED) is 0.811. The Hall–Kier alpha value is -1.65. The Kier molecular flexibility index (Phi) is 3.90. The van der Waals surface area contributed by atoms with Gasteiger partial charge in [-0.05, 0) is 18.8 Å². The van der Waals surface area contributed by atoms with E-state index in [1.165, 1.54) is 38.2 Å². The van der Waals surface area contributed by atoms with Gasteiger partial charge in [-0.25, -0.2) is 4.79 Å². The number of hydrogen-bond acceptors (Lipinski definition) is 4. The predicted octanol–water partition coefficient (Wildman–Crippen LogP) is 2.29. The van der Waals surface area contributed by atoms with Crippen LogP contribution >= 0.6 is 0 Å². The average Bonchev–Trinajstić information content (AvgIpc) is 2.75. The zero-order valence-corrected chi connectivity index (χ0v) is 9.63. The van der Waals surface area contributed by atoms with Gasteiger partial charge in [0.25, 0.3) is 0 Å². The van der Waals surface area contributed by atoms with E-state index in [1.807, 2.05) is 0 Å². The van der Waals surface area contributed by atoms with E-state index in [2.05, 4.69) is 10.2 Å². The minimum Gasteiger partial charge on any atom is -0.478 e. The van der Waals surface area contributed by atoms with E-state index in [9.17, 15) is 4.79 Å². The molecule has 0 unspecified atom stereocenters. The Bertz CT molecular complexity index is 406. The van der Waals surface area contributed by atoms with Crippen LogP contribution in [0.1, 0.15) is 43.9 Å². The second-order valence-corrected chi connectivity index (χ2v) is 4.41. The molecule has 1 fully saturated rings. The molecule has 0 bridgehead atoms. The number of rotatable bonds is 4. The van der Waals surface area contributed by atoms with Crippen LogP contribution in [0.5, 0.6) is 0 Å². The maximum Gasteiger partial charge on any atom is 0.328 e. The summed E-state index contributed by atoms with van der Waals surface area (Å²) in [5, 5.41) is 16.2. The van der Waals surface area contributed by atoms with Crippen LogP contribution in [0.2, 0.25) is 0 Å². The summed E-state index contributed by atoms with van der Waals surface area (Å²) in [6.45, 7) is 0. The van der Waals surface area contributed by atoms with Gasteiger partial charge in [-0.3, -0.25) is 0 Å². The van der Waals surface area contributed by atoms with E-state index in [1.54, 1.807) is 0 Å². The molecule has 0 amide bonds. The van der Waals surface area contributed by atoms with Crippen LogP contribution in [-0.4, -0.2) is 21.3 Å². The van der Waals surface area contributed by atoms with Crippen molar-refractivity contribution < 1.29 is 14.3 Å². The first-order valence-electron chi connectivity index (χ1n) is 5.97. The van der Waals surface area contributed by atoms with Crippen molar-refractivity contribution in [1.82, 2.24) is 10.2 Å². The Balaban J connectivity index is 1.91. The summed E-state index contributed by atoms with van der Waals surface area (Å²) in [5.74, 6) is 0.498. The zero-order chi connectivity index (χ0) is 12.1. The number of aromatic nitrogens is 2. The molecule has 0 aliphatic heterocycles. The van der Waals surface area contributed by atoms with Crippen molar-refractivity contribution in [2.24, 2.45) is 5.92 Å². The molecule has 92 valence electrons. The first-order chi connectivity index (χ1) is 8.24. The molecular formula is C12H16N2O3. The molecule has 1 saturated carbocycles. The summed E-state index contributed by atoms with van der Waals surface area (Å²) in [6, 6.07) is 0. The number of aliphatic carboxylic acids is 1. The number of carboxylic acid groups (broad SMARTS) is 1. The lowest BCUT2D eigenvalue weighted by atomic mass is 9.87. The Labute approximate surface area is 99.5 Å². The van der Waals surface area contributed by atoms with Crippen molar-refractivity contribution in [3.05, 3.63) is 17.9 Å². The summed E-state index contributed by atoms with van der Waals surface area (Å²) in [6.07, 6.45) is 9.47. The molecular weight excluding hydrogens is 220 g/mol. The molecule has 0 spiro atoms. The van der Waals surface area contributed by atoms with Gasteiger partial charge >= 0.3 is 5.97 Å². The van der Waals surface area contributed by atoms with Gasteiger partial charge in [-0.15, -0.1) is 10.2 Å². The van der Waals surface area contributed by atoms with Gasteiger partial charge in [-0.2, -0.15) is 0 Å². The summed E-state index contributed by atoms with van der Waals surface area (Å²) < 4.78 is 5.36. The van der Waals surface area contributed by atoms with Gasteiger partial charge < -0.3 is 9.52 Å². The van der Waals surface area contributed by atoms with E-state index in [0.29, 0.717) is 11.8 Å². The van der Waals surface area contributed by atoms with Crippen molar-refractivity contribution in [2.75, 3.05) is 0 Å². The lowest BCUT2D eigenvalue weighted by Gasteiger charge is -2.19. The molecule has 0 atom stereocenters. The van der Waals surface area contributed by atoms with Crippen LogP contribution in [0.4, 0.5) is 0 Å². The van der Waals surface area contributed by atoms with Crippen LogP contribution in [0.15, 0.2) is 10.5 Å². The molecule has 1 aliphatic rings. The van der Waals surface area contributed by atoms with E-state index < -0.39 is 5.97 Å². The van der Waals surface area contributed by atoms with Crippen LogP contribution in [0, 0.1) is 5.92 Å². The highest BCUT2D eigenvalue weighted by molar-refractivity contribution is 5.84. The number of nitrogens with zero attached hydrogens (tertiary/aromatic N) is 2. The molecule has 0 radical (unpaired) electrons. The van der Waals surface area contributed by atoms with Crippen molar-refractivity contribution in [2.45, 2.75) is 38.5 Å². The minimum absolute atomic E-state index is 0.262. The summed E-state index contributed by atoms with van der Waals surface area (Å²) >= 11 is 0. The number of carbonyl (C=O) groups is 1. The van der Waals surface area contributed by atoms with Crippen molar-refractivity contribution >= 4 is 12.0 Å². The second-order valence-electron chi connectivity index (χ2n) is 4.41. The second kappa shape index (κ2) is 5.61. The Morgan fingerprint density at radius 2 is 2.12 bits per heavy atom. The van der Waals surface area contributed by atoms with Gasteiger partial charge in [-0.1, -0.05) is 19.3 Å². The van der Waals surface area contributed by atoms with Crippen LogP contribution in [0.25, 0.3) is 6.08 Å². The Morgan fingerprint density at radius 1 is 1.35 bits per heavy atom. The molecule has 1 aromatic heterocycles. The van der Waals surface area contributed by atoms with Gasteiger partial charge in [0.1, 0.15) is 0 Å². The summed E-state index contributed by atoms with van der Waals surface area (Å²) in [4.78, 5) is 10.3. The van der Waals surface area contributed by atoms with E-state index >= 15 is 0 Å². The smallest absolute Gasteiger partial charge is 0.328 e. The van der Waals surface area contributed by atoms with Crippen molar-refractivity contribution in [3.8, 4) is 0 Å². The summed E-state index contributed by atoms with van der Waals surface area (Å²) in [5.41, 5.74) is 0. The van der Waals surface area contributed by atoms with Crippen LogP contribution < -0.4 is 0 Å². The Morgan fingerprint density at radius 3 is 2.82 bits per heavy atom. The highest BCUT2D eigenvalue weighted by Crippen LogP contribution is 2.26. The molecule has 5 nitrogen and oxygen atoms in total. The highest BCUT2D eigenvalue weighted by Gasteiger charge is 2.16.